The van der Waals surface area contributed by atoms with Gasteiger partial charge in [0.15, 0.2) is 0 Å². The molecule has 0 aromatic carbocycles. The second kappa shape index (κ2) is 12.7. The van der Waals surface area contributed by atoms with Crippen molar-refractivity contribution in [2.75, 3.05) is 6.54 Å². The van der Waals surface area contributed by atoms with Gasteiger partial charge in [0.25, 0.3) is 0 Å². The van der Waals surface area contributed by atoms with Crippen LogP contribution in [0.25, 0.3) is 0 Å². The summed E-state index contributed by atoms with van der Waals surface area (Å²) in [5.41, 5.74) is 1.26. The molecule has 1 N–H and O–H groups in total. The highest BCUT2D eigenvalue weighted by Crippen LogP contribution is 1.89. The highest BCUT2D eigenvalue weighted by atomic mass is 16.1. The minimum Gasteiger partial charge on any atom is -0.356 e. The van der Waals surface area contributed by atoms with Crippen LogP contribution in [0.1, 0.15) is 40.2 Å². The molecule has 17 heavy (non-hydrogen) atoms. The molecule has 1 amide bonds. The monoisotopic (exact) mass is 238 g/mol. The molecule has 1 rings (SSSR count). The summed E-state index contributed by atoms with van der Waals surface area (Å²) in [6.45, 7) is 12.5. The van der Waals surface area contributed by atoms with Gasteiger partial charge >= 0.3 is 0 Å². The number of pyridine rings is 1. The second-order valence-corrected chi connectivity index (χ2v) is 3.57. The summed E-state index contributed by atoms with van der Waals surface area (Å²) < 4.78 is 0. The Kier molecular flexibility index (Phi) is 13.4. The van der Waals surface area contributed by atoms with E-state index in [1.165, 1.54) is 5.56 Å². The summed E-state index contributed by atoms with van der Waals surface area (Å²) in [4.78, 5) is 14.5. The van der Waals surface area contributed by atoms with Gasteiger partial charge in [-0.2, -0.15) is 0 Å². The maximum Gasteiger partial charge on any atom is 0.222 e. The Bertz CT molecular complexity index is 271. The number of nitrogens with zero attached hydrogens (tertiary/aromatic N) is 1. The lowest BCUT2D eigenvalue weighted by Crippen LogP contribution is -2.26. The molecule has 98 valence electrons. The number of hydrogen-bond acceptors (Lipinski definition) is 2. The minimum absolute atomic E-state index is 0.120. The van der Waals surface area contributed by atoms with Gasteiger partial charge in [0.1, 0.15) is 0 Å². The van der Waals surface area contributed by atoms with Crippen molar-refractivity contribution in [3.8, 4) is 0 Å². The molecule has 0 atom stereocenters. The van der Waals surface area contributed by atoms with E-state index in [1.807, 2.05) is 53.7 Å². The molecule has 0 bridgehead atoms. The van der Waals surface area contributed by atoms with Gasteiger partial charge in [0.2, 0.25) is 5.91 Å². The van der Waals surface area contributed by atoms with Crippen molar-refractivity contribution in [3.05, 3.63) is 30.1 Å². The number of aryl methyl sites for hydroxylation is 1. The lowest BCUT2D eigenvalue weighted by Gasteiger charge is -2.02. The Morgan fingerprint density at radius 1 is 1.29 bits per heavy atom. The fourth-order valence-electron chi connectivity index (χ4n) is 0.805. The van der Waals surface area contributed by atoms with Gasteiger partial charge in [-0.15, -0.1) is 0 Å². The Morgan fingerprint density at radius 2 is 1.76 bits per heavy atom. The summed E-state index contributed by atoms with van der Waals surface area (Å²) >= 11 is 0. The molecule has 0 aliphatic heterocycles. The van der Waals surface area contributed by atoms with Crippen LogP contribution in [0, 0.1) is 12.8 Å². The molecule has 0 unspecified atom stereocenters. The fraction of sp³-hybridized carbons (Fsp3) is 0.571. The SMILES string of the molecule is CC.CCNC(=O)C(C)C.Cc1ccncc1. The first-order valence-electron chi connectivity index (χ1n) is 6.22. The Morgan fingerprint density at radius 3 is 1.94 bits per heavy atom. The van der Waals surface area contributed by atoms with Gasteiger partial charge in [0.05, 0.1) is 0 Å². The third-order valence-electron chi connectivity index (χ3n) is 1.72. The maximum atomic E-state index is 10.6. The molecule has 0 aliphatic rings. The van der Waals surface area contributed by atoms with Crippen LogP contribution in [0.5, 0.6) is 0 Å². The van der Waals surface area contributed by atoms with Crippen LogP contribution in [0.2, 0.25) is 0 Å². The Balaban J connectivity index is 0. The summed E-state index contributed by atoms with van der Waals surface area (Å²) in [5.74, 6) is 0.252. The van der Waals surface area contributed by atoms with E-state index < -0.39 is 0 Å². The molecule has 0 saturated heterocycles. The van der Waals surface area contributed by atoms with E-state index in [9.17, 15) is 4.79 Å². The normalized spacial score (nSPS) is 8.41. The van der Waals surface area contributed by atoms with Gasteiger partial charge in [-0.25, -0.2) is 0 Å². The molecule has 0 spiro atoms. The van der Waals surface area contributed by atoms with Crippen LogP contribution in [0.3, 0.4) is 0 Å². The van der Waals surface area contributed by atoms with E-state index in [1.54, 1.807) is 12.4 Å². The first-order chi connectivity index (χ1) is 8.07. The zero-order chi connectivity index (χ0) is 13.7. The zero-order valence-electron chi connectivity index (χ0n) is 11.9. The van der Waals surface area contributed by atoms with Crippen LogP contribution in [-0.4, -0.2) is 17.4 Å². The largest absolute Gasteiger partial charge is 0.356 e. The zero-order valence-corrected chi connectivity index (χ0v) is 11.9. The van der Waals surface area contributed by atoms with Crippen molar-refractivity contribution >= 4 is 5.91 Å². The van der Waals surface area contributed by atoms with Crippen molar-refractivity contribution < 1.29 is 4.79 Å². The van der Waals surface area contributed by atoms with E-state index in [-0.39, 0.29) is 11.8 Å². The van der Waals surface area contributed by atoms with Gasteiger partial charge in [0, 0.05) is 24.9 Å². The number of hydrogen-bond donors (Lipinski definition) is 1. The average Bonchev–Trinajstić information content (AvgIpc) is 2.33. The predicted molar refractivity (Wildman–Crippen MR) is 73.8 cm³/mol. The van der Waals surface area contributed by atoms with E-state index in [4.69, 9.17) is 0 Å². The first-order valence-corrected chi connectivity index (χ1v) is 6.22. The Labute approximate surface area is 106 Å². The number of nitrogens with one attached hydrogen (secondary N) is 1. The predicted octanol–water partition coefficient (Wildman–Crippen LogP) is 3.19. The lowest BCUT2D eigenvalue weighted by atomic mass is 10.2. The number of carbonyl (C=O) groups excluding carboxylic acids is 1. The summed E-state index contributed by atoms with van der Waals surface area (Å²) in [6, 6.07) is 3.94. The van der Waals surface area contributed by atoms with Gasteiger partial charge < -0.3 is 5.32 Å². The van der Waals surface area contributed by atoms with Crippen LogP contribution in [-0.2, 0) is 4.79 Å². The highest BCUT2D eigenvalue weighted by Gasteiger charge is 2.02. The maximum absolute atomic E-state index is 10.6. The van der Waals surface area contributed by atoms with Crippen molar-refractivity contribution in [3.63, 3.8) is 0 Å². The van der Waals surface area contributed by atoms with Crippen molar-refractivity contribution in [2.45, 2.75) is 41.5 Å². The number of carbonyl (C=O) groups is 1. The van der Waals surface area contributed by atoms with E-state index in [2.05, 4.69) is 10.3 Å². The van der Waals surface area contributed by atoms with Gasteiger partial charge in [-0.05, 0) is 31.5 Å². The standard InChI is InChI=1S/C6H13NO.C6H7N.C2H6/c1-4-7-6(8)5(2)3;1-6-2-4-7-5-3-6;1-2/h5H,4H2,1-3H3,(H,7,8);2-5H,1H3;1-2H3. The summed E-state index contributed by atoms with van der Waals surface area (Å²) in [7, 11) is 0. The summed E-state index contributed by atoms with van der Waals surface area (Å²) in [6.07, 6.45) is 3.57. The minimum atomic E-state index is 0.120. The topological polar surface area (TPSA) is 42.0 Å². The van der Waals surface area contributed by atoms with E-state index in [0.29, 0.717) is 0 Å². The fourth-order valence-corrected chi connectivity index (χ4v) is 0.805. The molecule has 0 saturated carbocycles. The quantitative estimate of drug-likeness (QED) is 0.859. The first kappa shape index (κ1) is 18.0. The Hall–Kier alpha value is -1.38. The smallest absolute Gasteiger partial charge is 0.222 e. The molecule has 0 fully saturated rings. The molecule has 0 aliphatic carbocycles. The lowest BCUT2D eigenvalue weighted by molar-refractivity contribution is -0.123. The summed E-state index contributed by atoms with van der Waals surface area (Å²) in [5, 5.41) is 2.71. The molecule has 0 radical (unpaired) electrons. The van der Waals surface area contributed by atoms with E-state index in [0.717, 1.165) is 6.54 Å². The van der Waals surface area contributed by atoms with Crippen molar-refractivity contribution in [1.29, 1.82) is 0 Å². The number of aromatic nitrogens is 1. The van der Waals surface area contributed by atoms with Crippen LogP contribution >= 0.6 is 0 Å². The molecule has 1 heterocycles. The average molecular weight is 238 g/mol. The number of amides is 1. The molecule has 3 heteroatoms. The molecular formula is C14H26N2O. The highest BCUT2D eigenvalue weighted by molar-refractivity contribution is 5.77. The van der Waals surface area contributed by atoms with Gasteiger partial charge in [-0.3, -0.25) is 9.78 Å². The van der Waals surface area contributed by atoms with Crippen molar-refractivity contribution in [2.24, 2.45) is 5.92 Å². The molecular weight excluding hydrogens is 212 g/mol. The second-order valence-electron chi connectivity index (χ2n) is 3.57. The molecule has 1 aromatic rings. The molecule has 1 aromatic heterocycles. The van der Waals surface area contributed by atoms with Gasteiger partial charge in [-0.1, -0.05) is 27.7 Å². The van der Waals surface area contributed by atoms with Crippen LogP contribution in [0.15, 0.2) is 24.5 Å². The molecule has 3 nitrogen and oxygen atoms in total. The number of rotatable bonds is 2. The third-order valence-corrected chi connectivity index (χ3v) is 1.72. The third kappa shape index (κ3) is 12.6. The van der Waals surface area contributed by atoms with E-state index >= 15 is 0 Å². The van der Waals surface area contributed by atoms with Crippen molar-refractivity contribution in [1.82, 2.24) is 10.3 Å². The van der Waals surface area contributed by atoms with Crippen LogP contribution < -0.4 is 5.32 Å². The van der Waals surface area contributed by atoms with Crippen LogP contribution in [0.4, 0.5) is 0 Å².